The molecule has 1 unspecified atom stereocenters. The molecule has 1 N–H and O–H groups in total. The van der Waals surface area contributed by atoms with Crippen LogP contribution in [0.2, 0.25) is 0 Å². The summed E-state index contributed by atoms with van der Waals surface area (Å²) in [6.45, 7) is 11.4. The molecule has 1 amide bonds. The fourth-order valence-corrected chi connectivity index (χ4v) is 4.25. The maximum absolute atomic E-state index is 12.0. The Balaban J connectivity index is 1.65. The van der Waals surface area contributed by atoms with Crippen molar-refractivity contribution in [1.82, 2.24) is 10.2 Å². The van der Waals surface area contributed by atoms with Crippen molar-refractivity contribution in [3.63, 3.8) is 0 Å². The fourth-order valence-electron chi connectivity index (χ4n) is 2.68. The van der Waals surface area contributed by atoms with Crippen molar-refractivity contribution >= 4 is 33.4 Å². The molecule has 2 heterocycles. The summed E-state index contributed by atoms with van der Waals surface area (Å²) in [5.74, 6) is 0.576. The van der Waals surface area contributed by atoms with Gasteiger partial charge in [0, 0.05) is 33.9 Å². The molecule has 0 saturated carbocycles. The number of aryl methyl sites for hydroxylation is 1. The molecule has 0 aromatic carbocycles. The van der Waals surface area contributed by atoms with Crippen LogP contribution in [0.5, 0.6) is 0 Å². The Morgan fingerprint density at radius 2 is 2.26 bits per heavy atom. The lowest BCUT2D eigenvalue weighted by atomic mass is 10.1. The Morgan fingerprint density at radius 1 is 1.52 bits per heavy atom. The lowest BCUT2D eigenvalue weighted by Crippen LogP contribution is -2.35. The number of carbonyl (C=O) groups excluding carboxylic acids is 1. The van der Waals surface area contributed by atoms with Crippen molar-refractivity contribution in [3.05, 3.63) is 20.3 Å². The maximum atomic E-state index is 12.0. The molecule has 0 aliphatic carbocycles. The number of rotatable bonds is 5. The third-order valence-corrected chi connectivity index (χ3v) is 6.01. The predicted molar refractivity (Wildman–Crippen MR) is 99.0 cm³/mol. The number of nitrogens with one attached hydrogen (secondary N) is 1. The van der Waals surface area contributed by atoms with E-state index in [2.05, 4.69) is 34.2 Å². The second-order valence-corrected chi connectivity index (χ2v) is 9.36. The molecule has 0 radical (unpaired) electrons. The van der Waals surface area contributed by atoms with Gasteiger partial charge in [-0.25, -0.2) is 4.79 Å². The van der Waals surface area contributed by atoms with Crippen LogP contribution in [-0.4, -0.2) is 36.2 Å². The van der Waals surface area contributed by atoms with Crippen molar-refractivity contribution in [3.8, 4) is 0 Å². The second-order valence-electron chi connectivity index (χ2n) is 7.16. The minimum absolute atomic E-state index is 0.174. The van der Waals surface area contributed by atoms with Crippen LogP contribution in [-0.2, 0) is 11.3 Å². The SMILES string of the molecule is Cc1sc(CNCCC2CCN(C(=O)OC(C)(C)C)C2)cc1Br. The fraction of sp³-hybridized carbons (Fsp3) is 0.706. The second kappa shape index (κ2) is 7.99. The number of ether oxygens (including phenoxy) is 1. The summed E-state index contributed by atoms with van der Waals surface area (Å²) in [4.78, 5) is 16.6. The molecule has 1 aliphatic heterocycles. The van der Waals surface area contributed by atoms with E-state index in [1.165, 1.54) is 14.2 Å². The summed E-state index contributed by atoms with van der Waals surface area (Å²) in [5, 5.41) is 3.51. The van der Waals surface area contributed by atoms with Gasteiger partial charge in [0.2, 0.25) is 0 Å². The van der Waals surface area contributed by atoms with Crippen LogP contribution in [0.15, 0.2) is 10.5 Å². The number of carbonyl (C=O) groups is 1. The van der Waals surface area contributed by atoms with Crippen molar-refractivity contribution in [2.45, 2.75) is 52.7 Å². The number of thiophene rings is 1. The Labute approximate surface area is 151 Å². The first-order chi connectivity index (χ1) is 10.7. The van der Waals surface area contributed by atoms with Crippen molar-refractivity contribution in [2.24, 2.45) is 5.92 Å². The molecule has 1 aromatic rings. The molecule has 23 heavy (non-hydrogen) atoms. The van der Waals surface area contributed by atoms with Gasteiger partial charge in [-0.15, -0.1) is 11.3 Å². The summed E-state index contributed by atoms with van der Waals surface area (Å²) < 4.78 is 6.63. The first kappa shape index (κ1) is 18.7. The first-order valence-corrected chi connectivity index (χ1v) is 9.79. The molecule has 1 fully saturated rings. The highest BCUT2D eigenvalue weighted by atomic mass is 79.9. The molecular weight excluding hydrogens is 376 g/mol. The standard InChI is InChI=1S/C17H27BrN2O2S/c1-12-15(18)9-14(23-12)10-19-7-5-13-6-8-20(11-13)16(21)22-17(2,3)4/h9,13,19H,5-8,10-11H2,1-4H3. The van der Waals surface area contributed by atoms with Gasteiger partial charge < -0.3 is 15.0 Å². The van der Waals surface area contributed by atoms with Crippen LogP contribution >= 0.6 is 27.3 Å². The van der Waals surface area contributed by atoms with Gasteiger partial charge in [0.25, 0.3) is 0 Å². The molecule has 130 valence electrons. The van der Waals surface area contributed by atoms with E-state index in [4.69, 9.17) is 4.74 Å². The summed E-state index contributed by atoms with van der Waals surface area (Å²) >= 11 is 5.38. The summed E-state index contributed by atoms with van der Waals surface area (Å²) in [6, 6.07) is 2.19. The average molecular weight is 403 g/mol. The lowest BCUT2D eigenvalue weighted by Gasteiger charge is -2.24. The van der Waals surface area contributed by atoms with Gasteiger partial charge in [-0.1, -0.05) is 0 Å². The Hall–Kier alpha value is -0.590. The summed E-state index contributed by atoms with van der Waals surface area (Å²) in [7, 11) is 0. The molecule has 1 saturated heterocycles. The number of halogens is 1. The van der Waals surface area contributed by atoms with Gasteiger partial charge >= 0.3 is 6.09 Å². The van der Waals surface area contributed by atoms with E-state index in [0.717, 1.165) is 39.0 Å². The van der Waals surface area contributed by atoms with Gasteiger partial charge in [-0.2, -0.15) is 0 Å². The van der Waals surface area contributed by atoms with E-state index < -0.39 is 5.60 Å². The normalized spacial score (nSPS) is 18.5. The van der Waals surface area contributed by atoms with E-state index in [1.807, 2.05) is 37.0 Å². The van der Waals surface area contributed by atoms with E-state index >= 15 is 0 Å². The third kappa shape index (κ3) is 6.08. The van der Waals surface area contributed by atoms with Crippen molar-refractivity contribution in [2.75, 3.05) is 19.6 Å². The molecular formula is C17H27BrN2O2S. The smallest absolute Gasteiger partial charge is 0.410 e. The Morgan fingerprint density at radius 3 is 2.87 bits per heavy atom. The zero-order valence-corrected chi connectivity index (χ0v) is 16.8. The highest BCUT2D eigenvalue weighted by molar-refractivity contribution is 9.10. The van der Waals surface area contributed by atoms with E-state index in [1.54, 1.807) is 0 Å². The van der Waals surface area contributed by atoms with Gasteiger partial charge in [0.05, 0.1) is 0 Å². The number of nitrogens with zero attached hydrogens (tertiary/aromatic N) is 1. The Kier molecular flexibility index (Phi) is 6.51. The molecule has 4 nitrogen and oxygen atoms in total. The molecule has 1 aliphatic rings. The van der Waals surface area contributed by atoms with E-state index in [0.29, 0.717) is 5.92 Å². The van der Waals surface area contributed by atoms with Crippen LogP contribution in [0, 0.1) is 12.8 Å². The predicted octanol–water partition coefficient (Wildman–Crippen LogP) is 4.56. The number of amides is 1. The quantitative estimate of drug-likeness (QED) is 0.733. The average Bonchev–Trinajstić information content (AvgIpc) is 3.01. The minimum atomic E-state index is -0.413. The maximum Gasteiger partial charge on any atom is 0.410 e. The largest absolute Gasteiger partial charge is 0.444 e. The number of hydrogen-bond donors (Lipinski definition) is 1. The monoisotopic (exact) mass is 402 g/mol. The summed E-state index contributed by atoms with van der Waals surface area (Å²) in [5.41, 5.74) is -0.413. The topological polar surface area (TPSA) is 41.6 Å². The van der Waals surface area contributed by atoms with Crippen LogP contribution in [0.1, 0.15) is 43.4 Å². The first-order valence-electron chi connectivity index (χ1n) is 8.18. The number of hydrogen-bond acceptors (Lipinski definition) is 4. The highest BCUT2D eigenvalue weighted by Crippen LogP contribution is 2.26. The minimum Gasteiger partial charge on any atom is -0.444 e. The van der Waals surface area contributed by atoms with E-state index in [-0.39, 0.29) is 6.09 Å². The zero-order chi connectivity index (χ0) is 17.0. The Bertz CT molecular complexity index is 520. The van der Waals surface area contributed by atoms with E-state index in [9.17, 15) is 4.79 Å². The molecule has 1 aromatic heterocycles. The molecule has 6 heteroatoms. The van der Waals surface area contributed by atoms with Crippen LogP contribution in [0.3, 0.4) is 0 Å². The number of likely N-dealkylation sites (tertiary alicyclic amines) is 1. The third-order valence-electron chi connectivity index (χ3n) is 3.87. The molecule has 0 spiro atoms. The molecule has 2 rings (SSSR count). The molecule has 1 atom stereocenters. The van der Waals surface area contributed by atoms with Crippen molar-refractivity contribution in [1.29, 1.82) is 0 Å². The van der Waals surface area contributed by atoms with Crippen molar-refractivity contribution < 1.29 is 9.53 Å². The van der Waals surface area contributed by atoms with Gasteiger partial charge in [0.15, 0.2) is 0 Å². The van der Waals surface area contributed by atoms with Crippen LogP contribution in [0.4, 0.5) is 4.79 Å². The lowest BCUT2D eigenvalue weighted by molar-refractivity contribution is 0.0287. The van der Waals surface area contributed by atoms with Gasteiger partial charge in [-0.05, 0) is 75.0 Å². The highest BCUT2D eigenvalue weighted by Gasteiger charge is 2.29. The van der Waals surface area contributed by atoms with Gasteiger partial charge in [0.1, 0.15) is 5.60 Å². The van der Waals surface area contributed by atoms with Gasteiger partial charge in [-0.3, -0.25) is 0 Å². The zero-order valence-electron chi connectivity index (χ0n) is 14.4. The molecule has 0 bridgehead atoms. The summed E-state index contributed by atoms with van der Waals surface area (Å²) in [6.07, 6.45) is 2.00. The van der Waals surface area contributed by atoms with Crippen LogP contribution < -0.4 is 5.32 Å². The van der Waals surface area contributed by atoms with Crippen LogP contribution in [0.25, 0.3) is 0 Å².